The minimum Gasteiger partial charge on any atom is -0.303 e. The molecule has 0 spiro atoms. The lowest BCUT2D eigenvalue weighted by atomic mass is 10.1. The molecule has 0 radical (unpaired) electrons. The molecule has 0 aliphatic carbocycles. The summed E-state index contributed by atoms with van der Waals surface area (Å²) in [6.45, 7) is 0.662. The predicted octanol–water partition coefficient (Wildman–Crippen LogP) is 5.59. The molecule has 0 saturated carbocycles. The molecule has 1 aromatic carbocycles. The molecule has 1 N–H and O–H groups in total. The van der Waals surface area contributed by atoms with Crippen LogP contribution in [-0.2, 0) is 13.0 Å². The van der Waals surface area contributed by atoms with Crippen LogP contribution in [0.5, 0.6) is 0 Å². The third-order valence-corrected chi connectivity index (χ3v) is 5.95. The third kappa shape index (κ3) is 3.89. The molecule has 3 aromatic rings. The van der Waals surface area contributed by atoms with Gasteiger partial charge in [-0.25, -0.2) is 4.98 Å². The lowest BCUT2D eigenvalue weighted by Crippen LogP contribution is -2.22. The molecule has 3 rings (SSSR count). The highest BCUT2D eigenvalue weighted by molar-refractivity contribution is 7.10. The molecule has 0 bridgehead atoms. The van der Waals surface area contributed by atoms with Gasteiger partial charge in [-0.15, -0.1) is 22.7 Å². The highest BCUT2D eigenvalue weighted by Crippen LogP contribution is 2.27. The topological polar surface area (TPSA) is 24.9 Å². The largest absolute Gasteiger partial charge is 0.303 e. The van der Waals surface area contributed by atoms with E-state index in [1.807, 2.05) is 23.7 Å². The summed E-state index contributed by atoms with van der Waals surface area (Å²) in [5, 5.41) is 9.95. The highest BCUT2D eigenvalue weighted by atomic mass is 35.5. The molecule has 22 heavy (non-hydrogen) atoms. The highest BCUT2D eigenvalue weighted by Gasteiger charge is 2.16. The number of halogens is 2. The molecule has 0 fully saturated rings. The van der Waals surface area contributed by atoms with Gasteiger partial charge in [-0.1, -0.05) is 41.4 Å². The van der Waals surface area contributed by atoms with E-state index in [0.717, 1.165) is 17.0 Å². The van der Waals surface area contributed by atoms with Crippen molar-refractivity contribution in [2.24, 2.45) is 0 Å². The van der Waals surface area contributed by atoms with Crippen molar-refractivity contribution in [1.82, 2.24) is 10.3 Å². The van der Waals surface area contributed by atoms with Crippen LogP contribution in [0.1, 0.15) is 21.5 Å². The third-order valence-electron chi connectivity index (χ3n) is 3.31. The van der Waals surface area contributed by atoms with Crippen LogP contribution in [0.2, 0.25) is 10.0 Å². The Morgan fingerprint density at radius 2 is 2.00 bits per heavy atom. The van der Waals surface area contributed by atoms with Crippen molar-refractivity contribution in [1.29, 1.82) is 0 Å². The van der Waals surface area contributed by atoms with E-state index in [9.17, 15) is 0 Å². The number of hydrogen-bond donors (Lipinski definition) is 1. The average Bonchev–Trinajstić information content (AvgIpc) is 3.20. The Labute approximate surface area is 147 Å². The van der Waals surface area contributed by atoms with Gasteiger partial charge in [0.15, 0.2) is 0 Å². The number of benzene rings is 1. The first kappa shape index (κ1) is 16.0. The normalized spacial score (nSPS) is 12.5. The zero-order valence-corrected chi connectivity index (χ0v) is 14.8. The van der Waals surface area contributed by atoms with Gasteiger partial charge in [-0.3, -0.25) is 0 Å². The molecule has 0 unspecified atom stereocenters. The van der Waals surface area contributed by atoms with Gasteiger partial charge in [-0.2, -0.15) is 0 Å². The Morgan fingerprint density at radius 1 is 1.09 bits per heavy atom. The minimum absolute atomic E-state index is 0.175. The second-order valence-corrected chi connectivity index (χ2v) is 7.54. The first-order valence-corrected chi connectivity index (χ1v) is 9.33. The Bertz CT molecular complexity index is 712. The van der Waals surface area contributed by atoms with Crippen LogP contribution < -0.4 is 5.32 Å². The van der Waals surface area contributed by atoms with Gasteiger partial charge in [0, 0.05) is 29.4 Å². The molecule has 0 aliphatic rings. The number of hydrogen-bond acceptors (Lipinski definition) is 4. The summed E-state index contributed by atoms with van der Waals surface area (Å²) in [5.41, 5.74) is 1.00. The summed E-state index contributed by atoms with van der Waals surface area (Å²) in [4.78, 5) is 5.79. The van der Waals surface area contributed by atoms with Crippen molar-refractivity contribution in [3.63, 3.8) is 0 Å². The van der Waals surface area contributed by atoms with Crippen LogP contribution >= 0.6 is 45.9 Å². The fraction of sp³-hybridized carbons (Fsp3) is 0.188. The van der Waals surface area contributed by atoms with E-state index in [1.165, 1.54) is 4.88 Å². The molecule has 2 nitrogen and oxygen atoms in total. The van der Waals surface area contributed by atoms with Crippen molar-refractivity contribution in [2.45, 2.75) is 19.0 Å². The van der Waals surface area contributed by atoms with Gasteiger partial charge in [0.05, 0.1) is 16.1 Å². The lowest BCUT2D eigenvalue weighted by Gasteiger charge is -2.16. The SMILES string of the molecule is Clc1cccc(CN[C@H](Cc2cccs2)c2nccs2)c1Cl. The lowest BCUT2D eigenvalue weighted by molar-refractivity contribution is 0.531. The summed E-state index contributed by atoms with van der Waals surface area (Å²) in [5.74, 6) is 0. The van der Waals surface area contributed by atoms with Crippen LogP contribution in [-0.4, -0.2) is 4.98 Å². The predicted molar refractivity (Wildman–Crippen MR) is 96.2 cm³/mol. The standard InChI is InChI=1S/C16H14Cl2N2S2/c17-13-5-1-3-11(15(13)18)10-20-14(16-19-6-8-22-16)9-12-4-2-7-21-12/h1-8,14,20H,9-10H2/t14-/m1/s1. The minimum atomic E-state index is 0.175. The summed E-state index contributed by atoms with van der Waals surface area (Å²) in [6.07, 6.45) is 2.76. The van der Waals surface area contributed by atoms with E-state index >= 15 is 0 Å². The van der Waals surface area contributed by atoms with Crippen LogP contribution in [0.25, 0.3) is 0 Å². The van der Waals surface area contributed by atoms with E-state index < -0.39 is 0 Å². The van der Waals surface area contributed by atoms with Crippen LogP contribution in [0.15, 0.2) is 47.3 Å². The van der Waals surface area contributed by atoms with Crippen LogP contribution in [0.3, 0.4) is 0 Å². The summed E-state index contributed by atoms with van der Waals surface area (Å²) < 4.78 is 0. The van der Waals surface area contributed by atoms with Crippen molar-refractivity contribution < 1.29 is 0 Å². The fourth-order valence-electron chi connectivity index (χ4n) is 2.20. The molecule has 0 amide bonds. The van der Waals surface area contributed by atoms with Gasteiger partial charge >= 0.3 is 0 Å². The second-order valence-electron chi connectivity index (χ2n) is 4.80. The fourth-order valence-corrected chi connectivity index (χ4v) is 4.05. The first-order chi connectivity index (χ1) is 10.7. The number of aromatic nitrogens is 1. The summed E-state index contributed by atoms with van der Waals surface area (Å²) in [6, 6.07) is 10.1. The first-order valence-electron chi connectivity index (χ1n) is 6.82. The molecule has 0 aliphatic heterocycles. The maximum atomic E-state index is 6.26. The zero-order chi connectivity index (χ0) is 15.4. The second kappa shape index (κ2) is 7.57. The van der Waals surface area contributed by atoms with E-state index in [1.54, 1.807) is 28.7 Å². The average molecular weight is 369 g/mol. The monoisotopic (exact) mass is 368 g/mol. The van der Waals surface area contributed by atoms with E-state index in [2.05, 4.69) is 27.8 Å². The van der Waals surface area contributed by atoms with Gasteiger partial charge in [0.25, 0.3) is 0 Å². The number of rotatable bonds is 6. The maximum absolute atomic E-state index is 6.26. The van der Waals surface area contributed by atoms with E-state index in [4.69, 9.17) is 23.2 Å². The van der Waals surface area contributed by atoms with Crippen molar-refractivity contribution in [3.8, 4) is 0 Å². The van der Waals surface area contributed by atoms with E-state index in [0.29, 0.717) is 16.6 Å². The van der Waals surface area contributed by atoms with Gasteiger partial charge in [0.2, 0.25) is 0 Å². The molecular formula is C16H14Cl2N2S2. The van der Waals surface area contributed by atoms with Gasteiger partial charge in [0.1, 0.15) is 5.01 Å². The quantitative estimate of drug-likeness (QED) is 0.613. The van der Waals surface area contributed by atoms with Crippen molar-refractivity contribution in [2.75, 3.05) is 0 Å². The Hall–Kier alpha value is -0.910. The van der Waals surface area contributed by atoms with Crippen molar-refractivity contribution >= 4 is 45.9 Å². The molecule has 2 heterocycles. The molecule has 2 aromatic heterocycles. The molecular weight excluding hydrogens is 355 g/mol. The van der Waals surface area contributed by atoms with Gasteiger partial charge in [-0.05, 0) is 23.1 Å². The maximum Gasteiger partial charge on any atom is 0.110 e. The smallest absolute Gasteiger partial charge is 0.110 e. The number of nitrogens with zero attached hydrogens (tertiary/aromatic N) is 1. The number of thiazole rings is 1. The van der Waals surface area contributed by atoms with Gasteiger partial charge < -0.3 is 5.32 Å². The molecule has 1 atom stereocenters. The Balaban J connectivity index is 1.74. The molecule has 0 saturated heterocycles. The summed E-state index contributed by atoms with van der Waals surface area (Å²) in [7, 11) is 0. The zero-order valence-electron chi connectivity index (χ0n) is 11.6. The summed E-state index contributed by atoms with van der Waals surface area (Å²) >= 11 is 15.8. The number of thiophene rings is 1. The Morgan fingerprint density at radius 3 is 2.73 bits per heavy atom. The number of nitrogens with one attached hydrogen (secondary N) is 1. The van der Waals surface area contributed by atoms with Crippen LogP contribution in [0.4, 0.5) is 0 Å². The van der Waals surface area contributed by atoms with Crippen LogP contribution in [0, 0.1) is 0 Å². The molecule has 114 valence electrons. The van der Waals surface area contributed by atoms with Crippen molar-refractivity contribution in [3.05, 3.63) is 72.8 Å². The molecule has 6 heteroatoms. The van der Waals surface area contributed by atoms with E-state index in [-0.39, 0.29) is 6.04 Å². The Kier molecular flexibility index (Phi) is 5.50.